The SMILES string of the molecule is COCC(=O)OC1C[C@H]2CC[C@@H](C1)N2c1ccc(C#N)c2ccccc12. The second-order valence-corrected chi connectivity index (χ2v) is 7.10. The molecule has 0 aromatic heterocycles. The van der Waals surface area contributed by atoms with Crippen molar-refractivity contribution in [2.45, 2.75) is 43.9 Å². The maximum atomic E-state index is 11.8. The van der Waals surface area contributed by atoms with Crippen molar-refractivity contribution in [1.82, 2.24) is 0 Å². The molecule has 4 rings (SSSR count). The van der Waals surface area contributed by atoms with Gasteiger partial charge in [0.15, 0.2) is 0 Å². The van der Waals surface area contributed by atoms with Crippen LogP contribution in [0.4, 0.5) is 5.69 Å². The standard InChI is InChI=1S/C21H22N2O3/c1-25-13-21(24)26-17-10-15-7-8-16(11-17)23(15)20-9-6-14(12-22)18-4-2-3-5-19(18)20/h2-6,9,15-17H,7-8,10-11,13H2,1H3/t15-,16+,17?. The summed E-state index contributed by atoms with van der Waals surface area (Å²) in [6, 6.07) is 15.1. The van der Waals surface area contributed by atoms with E-state index in [1.54, 1.807) is 0 Å². The van der Waals surface area contributed by atoms with E-state index in [0.29, 0.717) is 17.6 Å². The van der Waals surface area contributed by atoms with Crippen LogP contribution in [0.25, 0.3) is 10.8 Å². The molecule has 2 aliphatic rings. The van der Waals surface area contributed by atoms with Crippen LogP contribution in [-0.2, 0) is 14.3 Å². The molecule has 0 saturated carbocycles. The molecule has 5 nitrogen and oxygen atoms in total. The second kappa shape index (κ2) is 6.97. The number of nitriles is 1. The number of carbonyl (C=O) groups excluding carboxylic acids is 1. The molecular formula is C21H22N2O3. The Kier molecular flexibility index (Phi) is 4.52. The van der Waals surface area contributed by atoms with Gasteiger partial charge in [0.25, 0.3) is 0 Å². The number of fused-ring (bicyclic) bond motifs is 3. The van der Waals surface area contributed by atoms with Gasteiger partial charge >= 0.3 is 5.97 Å². The quantitative estimate of drug-likeness (QED) is 0.791. The highest BCUT2D eigenvalue weighted by Gasteiger charge is 2.42. The van der Waals surface area contributed by atoms with Crippen LogP contribution >= 0.6 is 0 Å². The zero-order valence-corrected chi connectivity index (χ0v) is 14.9. The van der Waals surface area contributed by atoms with Crippen LogP contribution in [0.15, 0.2) is 36.4 Å². The number of carbonyl (C=O) groups is 1. The lowest BCUT2D eigenvalue weighted by atomic mass is 9.96. The molecule has 0 N–H and O–H groups in total. The summed E-state index contributed by atoms with van der Waals surface area (Å²) in [5.74, 6) is -0.283. The third-order valence-corrected chi connectivity index (χ3v) is 5.55. The summed E-state index contributed by atoms with van der Waals surface area (Å²) in [7, 11) is 1.50. The van der Waals surface area contributed by atoms with E-state index in [-0.39, 0.29) is 18.7 Å². The highest BCUT2D eigenvalue weighted by atomic mass is 16.6. The van der Waals surface area contributed by atoms with E-state index in [1.165, 1.54) is 12.8 Å². The highest BCUT2D eigenvalue weighted by Crippen LogP contribution is 2.43. The van der Waals surface area contributed by atoms with Gasteiger partial charge in [0, 0.05) is 48.5 Å². The van der Waals surface area contributed by atoms with E-state index in [9.17, 15) is 10.1 Å². The van der Waals surface area contributed by atoms with Crippen LogP contribution in [0, 0.1) is 11.3 Å². The van der Waals surface area contributed by atoms with Gasteiger partial charge in [-0.25, -0.2) is 4.79 Å². The molecule has 0 spiro atoms. The van der Waals surface area contributed by atoms with Crippen LogP contribution in [0.1, 0.15) is 31.2 Å². The molecule has 134 valence electrons. The number of ether oxygens (including phenoxy) is 2. The molecule has 2 saturated heterocycles. The molecule has 2 heterocycles. The number of methoxy groups -OCH3 is 1. The van der Waals surface area contributed by atoms with Crippen molar-refractivity contribution < 1.29 is 14.3 Å². The van der Waals surface area contributed by atoms with Gasteiger partial charge in [-0.1, -0.05) is 24.3 Å². The second-order valence-electron chi connectivity index (χ2n) is 7.10. The molecule has 1 unspecified atom stereocenters. The number of benzene rings is 2. The van der Waals surface area contributed by atoms with E-state index in [4.69, 9.17) is 9.47 Å². The molecule has 2 aromatic carbocycles. The summed E-state index contributed by atoms with van der Waals surface area (Å²) < 4.78 is 10.5. The molecule has 3 atom stereocenters. The molecule has 2 fully saturated rings. The van der Waals surface area contributed by atoms with E-state index in [0.717, 1.165) is 36.5 Å². The molecule has 26 heavy (non-hydrogen) atoms. The van der Waals surface area contributed by atoms with Gasteiger partial charge in [-0.05, 0) is 25.0 Å². The summed E-state index contributed by atoms with van der Waals surface area (Å²) >= 11 is 0. The van der Waals surface area contributed by atoms with Gasteiger partial charge in [-0.15, -0.1) is 0 Å². The third-order valence-electron chi connectivity index (χ3n) is 5.55. The van der Waals surface area contributed by atoms with Gasteiger partial charge in [-0.2, -0.15) is 5.26 Å². The van der Waals surface area contributed by atoms with E-state index in [2.05, 4.69) is 23.1 Å². The number of piperidine rings is 1. The molecule has 0 aliphatic carbocycles. The lowest BCUT2D eigenvalue weighted by molar-refractivity contribution is -0.154. The summed E-state index contributed by atoms with van der Waals surface area (Å²) in [6.07, 6.45) is 3.88. The maximum Gasteiger partial charge on any atom is 0.332 e. The lowest BCUT2D eigenvalue weighted by Crippen LogP contribution is -2.46. The van der Waals surface area contributed by atoms with E-state index in [1.807, 2.05) is 24.3 Å². The third kappa shape index (κ3) is 2.91. The first-order valence-electron chi connectivity index (χ1n) is 9.10. The Labute approximate surface area is 153 Å². The average molecular weight is 350 g/mol. The maximum absolute atomic E-state index is 11.8. The van der Waals surface area contributed by atoms with Crippen molar-refractivity contribution in [2.24, 2.45) is 0 Å². The summed E-state index contributed by atoms with van der Waals surface area (Å²) in [5.41, 5.74) is 1.90. The summed E-state index contributed by atoms with van der Waals surface area (Å²) in [5, 5.41) is 11.5. The molecule has 5 heteroatoms. The van der Waals surface area contributed by atoms with Crippen LogP contribution in [-0.4, -0.2) is 37.9 Å². The Morgan fingerprint density at radius 3 is 2.50 bits per heavy atom. The fraction of sp³-hybridized carbons (Fsp3) is 0.429. The first-order valence-corrected chi connectivity index (χ1v) is 9.10. The predicted molar refractivity (Wildman–Crippen MR) is 98.9 cm³/mol. The van der Waals surface area contributed by atoms with Crippen LogP contribution in [0.2, 0.25) is 0 Å². The van der Waals surface area contributed by atoms with Gasteiger partial charge in [0.1, 0.15) is 12.7 Å². The summed E-state index contributed by atoms with van der Waals surface area (Å²) in [4.78, 5) is 14.2. The Hall–Kier alpha value is -2.58. The minimum atomic E-state index is -0.283. The zero-order chi connectivity index (χ0) is 18.1. The Morgan fingerprint density at radius 2 is 1.85 bits per heavy atom. The molecular weight excluding hydrogens is 328 g/mol. The number of nitrogens with zero attached hydrogens (tertiary/aromatic N) is 2. The fourth-order valence-electron chi connectivity index (χ4n) is 4.56. The van der Waals surface area contributed by atoms with Gasteiger partial charge < -0.3 is 14.4 Å². The van der Waals surface area contributed by atoms with Crippen LogP contribution in [0.5, 0.6) is 0 Å². The average Bonchev–Trinajstić information content (AvgIpc) is 2.91. The lowest BCUT2D eigenvalue weighted by Gasteiger charge is -2.40. The van der Waals surface area contributed by atoms with Crippen LogP contribution in [0.3, 0.4) is 0 Å². The number of esters is 1. The predicted octanol–water partition coefficient (Wildman–Crippen LogP) is 3.40. The van der Waals surface area contributed by atoms with Crippen molar-refractivity contribution in [2.75, 3.05) is 18.6 Å². The minimum Gasteiger partial charge on any atom is -0.461 e. The zero-order valence-electron chi connectivity index (χ0n) is 14.9. The smallest absolute Gasteiger partial charge is 0.332 e. The van der Waals surface area contributed by atoms with Crippen molar-refractivity contribution in [3.05, 3.63) is 42.0 Å². The molecule has 2 bridgehead atoms. The van der Waals surface area contributed by atoms with Gasteiger partial charge in [0.05, 0.1) is 11.6 Å². The van der Waals surface area contributed by atoms with Crippen LogP contribution < -0.4 is 4.90 Å². The first-order chi connectivity index (χ1) is 12.7. The summed E-state index contributed by atoms with van der Waals surface area (Å²) in [6.45, 7) is 0.00973. The van der Waals surface area contributed by atoms with Gasteiger partial charge in [-0.3, -0.25) is 0 Å². The first kappa shape index (κ1) is 16.9. The molecule has 0 amide bonds. The number of hydrogen-bond donors (Lipinski definition) is 0. The Bertz CT molecular complexity index is 859. The number of anilines is 1. The van der Waals surface area contributed by atoms with Crippen molar-refractivity contribution in [3.63, 3.8) is 0 Å². The molecule has 2 aliphatic heterocycles. The number of hydrogen-bond acceptors (Lipinski definition) is 5. The molecule has 2 aromatic rings. The molecule has 0 radical (unpaired) electrons. The highest BCUT2D eigenvalue weighted by molar-refractivity contribution is 5.98. The van der Waals surface area contributed by atoms with Crippen molar-refractivity contribution >= 4 is 22.4 Å². The van der Waals surface area contributed by atoms with E-state index < -0.39 is 0 Å². The van der Waals surface area contributed by atoms with Crippen molar-refractivity contribution in [1.29, 1.82) is 5.26 Å². The monoisotopic (exact) mass is 350 g/mol. The van der Waals surface area contributed by atoms with Gasteiger partial charge in [0.2, 0.25) is 0 Å². The fourth-order valence-corrected chi connectivity index (χ4v) is 4.56. The number of rotatable bonds is 4. The largest absolute Gasteiger partial charge is 0.461 e. The topological polar surface area (TPSA) is 62.6 Å². The normalized spacial score (nSPS) is 24.5. The Balaban J connectivity index is 1.62. The van der Waals surface area contributed by atoms with E-state index >= 15 is 0 Å². The van der Waals surface area contributed by atoms with Crippen molar-refractivity contribution in [3.8, 4) is 6.07 Å². The minimum absolute atomic E-state index is 0.00973. The Morgan fingerprint density at radius 1 is 1.15 bits per heavy atom.